The Balaban J connectivity index is 2.28. The number of carbonyl (C=O) groups excluding carboxylic acids is 3. The van der Waals surface area contributed by atoms with E-state index in [1.165, 1.54) is 17.4 Å². The fourth-order valence-corrected chi connectivity index (χ4v) is 3.07. The highest BCUT2D eigenvalue weighted by Gasteiger charge is 2.34. The van der Waals surface area contributed by atoms with Crippen LogP contribution in [0.4, 0.5) is 4.79 Å². The normalized spacial score (nSPS) is 17.3. The van der Waals surface area contributed by atoms with E-state index in [0.717, 1.165) is 4.88 Å². The largest absolute Gasteiger partial charge is 0.463 e. The molecule has 26 heavy (non-hydrogen) atoms. The van der Waals surface area contributed by atoms with Gasteiger partial charge in [0.1, 0.15) is 6.61 Å². The summed E-state index contributed by atoms with van der Waals surface area (Å²) in [6, 6.07) is 2.49. The van der Waals surface area contributed by atoms with Crippen LogP contribution in [0.2, 0.25) is 0 Å². The van der Waals surface area contributed by atoms with Crippen LogP contribution in [0.5, 0.6) is 0 Å². The first-order valence-electron chi connectivity index (χ1n) is 8.04. The summed E-state index contributed by atoms with van der Waals surface area (Å²) < 4.78 is 10.3. The van der Waals surface area contributed by atoms with Crippen molar-refractivity contribution in [2.24, 2.45) is 0 Å². The topological polar surface area (TPSA) is 93.7 Å². The van der Waals surface area contributed by atoms with E-state index in [1.54, 1.807) is 25.2 Å². The van der Waals surface area contributed by atoms with Crippen LogP contribution in [0, 0.1) is 0 Å². The number of allylic oxidation sites excluding steroid dienone is 3. The first-order chi connectivity index (χ1) is 12.6. The number of urea groups is 1. The van der Waals surface area contributed by atoms with Gasteiger partial charge < -0.3 is 20.1 Å². The molecular formula is C18H20N2O5S. The number of amides is 2. The average Bonchev–Trinajstić information content (AvgIpc) is 3.14. The third-order valence-corrected chi connectivity index (χ3v) is 4.31. The van der Waals surface area contributed by atoms with Crippen molar-refractivity contribution in [2.45, 2.75) is 19.9 Å². The summed E-state index contributed by atoms with van der Waals surface area (Å²) in [5.41, 5.74) is 0.428. The molecule has 0 fully saturated rings. The van der Waals surface area contributed by atoms with Gasteiger partial charge >= 0.3 is 18.0 Å². The molecule has 1 aliphatic heterocycles. The highest BCUT2D eigenvalue weighted by Crippen LogP contribution is 2.30. The number of ether oxygens (including phenoxy) is 2. The highest BCUT2D eigenvalue weighted by atomic mass is 32.1. The molecule has 2 rings (SSSR count). The molecule has 2 N–H and O–H groups in total. The van der Waals surface area contributed by atoms with Gasteiger partial charge in [-0.1, -0.05) is 24.3 Å². The van der Waals surface area contributed by atoms with Gasteiger partial charge in [-0.05, 0) is 25.3 Å². The van der Waals surface area contributed by atoms with Crippen molar-refractivity contribution >= 4 is 29.3 Å². The van der Waals surface area contributed by atoms with E-state index in [-0.39, 0.29) is 24.5 Å². The maximum absolute atomic E-state index is 12.4. The second kappa shape index (κ2) is 9.57. The zero-order valence-corrected chi connectivity index (χ0v) is 15.3. The van der Waals surface area contributed by atoms with Crippen molar-refractivity contribution in [1.29, 1.82) is 0 Å². The van der Waals surface area contributed by atoms with E-state index in [4.69, 9.17) is 9.47 Å². The molecule has 1 aromatic rings. The molecule has 138 valence electrons. The first kappa shape index (κ1) is 19.5. The Kier molecular flexibility index (Phi) is 7.16. The van der Waals surface area contributed by atoms with Crippen LogP contribution in [0.1, 0.15) is 24.8 Å². The molecule has 0 radical (unpaired) electrons. The lowest BCUT2D eigenvalue weighted by Gasteiger charge is -2.28. The Labute approximate surface area is 155 Å². The molecule has 8 heteroatoms. The summed E-state index contributed by atoms with van der Waals surface area (Å²) >= 11 is 1.40. The average molecular weight is 376 g/mol. The van der Waals surface area contributed by atoms with Gasteiger partial charge in [-0.15, -0.1) is 11.3 Å². The number of carbonyl (C=O) groups is 3. The molecule has 0 aliphatic carbocycles. The summed E-state index contributed by atoms with van der Waals surface area (Å²) in [5, 5.41) is 7.09. The number of hydrogen-bond acceptors (Lipinski definition) is 6. The first-order valence-corrected chi connectivity index (χ1v) is 8.92. The van der Waals surface area contributed by atoms with Crippen molar-refractivity contribution in [3.8, 4) is 0 Å². The lowest BCUT2D eigenvalue weighted by Crippen LogP contribution is -2.46. The molecular weight excluding hydrogens is 356 g/mol. The van der Waals surface area contributed by atoms with E-state index >= 15 is 0 Å². The standard InChI is InChI=1S/C18H20N2O5S/c1-3-5-6-9-14(21)25-11-12-15(17(22)24-4-2)16(20-18(23)19-12)13-8-7-10-26-13/h3,5-10,16H,4,11H2,1-2H3,(H2,19,20,23)/b5-3+,9-6+/t16-/m0/s1. The van der Waals surface area contributed by atoms with E-state index in [1.807, 2.05) is 24.4 Å². The lowest BCUT2D eigenvalue weighted by molar-refractivity contribution is -0.140. The summed E-state index contributed by atoms with van der Waals surface area (Å²) in [6.45, 7) is 3.45. The predicted octanol–water partition coefficient (Wildman–Crippen LogP) is 2.59. The molecule has 1 aromatic heterocycles. The molecule has 1 aliphatic rings. The third-order valence-electron chi connectivity index (χ3n) is 3.37. The SMILES string of the molecule is C/C=C/C=C/C(=O)OCC1=C(C(=O)OCC)[C@H](c2cccs2)NC(=O)N1. The predicted molar refractivity (Wildman–Crippen MR) is 97.3 cm³/mol. The number of rotatable bonds is 7. The molecule has 0 saturated heterocycles. The minimum Gasteiger partial charge on any atom is -0.463 e. The van der Waals surface area contributed by atoms with Gasteiger partial charge in [0.2, 0.25) is 0 Å². The maximum atomic E-state index is 12.4. The Morgan fingerprint density at radius 3 is 2.77 bits per heavy atom. The molecule has 0 spiro atoms. The van der Waals surface area contributed by atoms with Crippen molar-refractivity contribution in [2.75, 3.05) is 13.2 Å². The Morgan fingerprint density at radius 1 is 1.31 bits per heavy atom. The van der Waals surface area contributed by atoms with Gasteiger partial charge in [0, 0.05) is 11.0 Å². The molecule has 0 unspecified atom stereocenters. The van der Waals surface area contributed by atoms with E-state index in [2.05, 4.69) is 10.6 Å². The van der Waals surface area contributed by atoms with Crippen LogP contribution in [0.15, 0.2) is 53.1 Å². The van der Waals surface area contributed by atoms with Crippen LogP contribution in [0.25, 0.3) is 0 Å². The molecule has 0 aromatic carbocycles. The van der Waals surface area contributed by atoms with Crippen LogP contribution < -0.4 is 10.6 Å². The number of nitrogens with one attached hydrogen (secondary N) is 2. The maximum Gasteiger partial charge on any atom is 0.338 e. The fourth-order valence-electron chi connectivity index (χ4n) is 2.29. The Hall–Kier alpha value is -2.87. The minimum absolute atomic E-state index is 0.187. The monoisotopic (exact) mass is 376 g/mol. The van der Waals surface area contributed by atoms with Gasteiger partial charge in [-0.25, -0.2) is 14.4 Å². The van der Waals surface area contributed by atoms with Crippen LogP contribution in [-0.4, -0.2) is 31.2 Å². The Bertz CT molecular complexity index is 750. The zero-order chi connectivity index (χ0) is 18.9. The molecule has 0 saturated carbocycles. The van der Waals surface area contributed by atoms with Crippen molar-refractivity contribution < 1.29 is 23.9 Å². The van der Waals surface area contributed by atoms with E-state index < -0.39 is 24.0 Å². The van der Waals surface area contributed by atoms with Crippen molar-refractivity contribution in [3.63, 3.8) is 0 Å². The fraction of sp³-hybridized carbons (Fsp3) is 0.278. The van der Waals surface area contributed by atoms with E-state index in [0.29, 0.717) is 0 Å². The number of hydrogen-bond donors (Lipinski definition) is 2. The molecule has 0 bridgehead atoms. The van der Waals surface area contributed by atoms with Gasteiger partial charge in [-0.3, -0.25) is 0 Å². The molecule has 2 heterocycles. The molecule has 1 atom stereocenters. The molecule has 2 amide bonds. The van der Waals surface area contributed by atoms with Crippen LogP contribution in [-0.2, 0) is 19.1 Å². The van der Waals surface area contributed by atoms with Crippen molar-refractivity contribution in [3.05, 3.63) is 58.0 Å². The lowest BCUT2D eigenvalue weighted by atomic mass is 10.0. The Morgan fingerprint density at radius 2 is 2.12 bits per heavy atom. The second-order valence-corrected chi connectivity index (χ2v) is 6.13. The van der Waals surface area contributed by atoms with E-state index in [9.17, 15) is 14.4 Å². The van der Waals surface area contributed by atoms with Gasteiger partial charge in [-0.2, -0.15) is 0 Å². The van der Waals surface area contributed by atoms with Crippen LogP contribution in [0.3, 0.4) is 0 Å². The molecule has 7 nitrogen and oxygen atoms in total. The number of thiophene rings is 1. The quantitative estimate of drug-likeness (QED) is 0.433. The summed E-state index contributed by atoms with van der Waals surface area (Å²) in [6.07, 6.45) is 6.25. The van der Waals surface area contributed by atoms with Crippen LogP contribution >= 0.6 is 11.3 Å². The van der Waals surface area contributed by atoms with Gasteiger partial charge in [0.15, 0.2) is 0 Å². The summed E-state index contributed by atoms with van der Waals surface area (Å²) in [5.74, 6) is -1.16. The number of esters is 2. The highest BCUT2D eigenvalue weighted by molar-refractivity contribution is 7.10. The van der Waals surface area contributed by atoms with Gasteiger partial charge in [0.25, 0.3) is 0 Å². The summed E-state index contributed by atoms with van der Waals surface area (Å²) in [4.78, 5) is 37.0. The zero-order valence-electron chi connectivity index (χ0n) is 14.5. The summed E-state index contributed by atoms with van der Waals surface area (Å²) in [7, 11) is 0. The minimum atomic E-state index is -0.657. The smallest absolute Gasteiger partial charge is 0.338 e. The van der Waals surface area contributed by atoms with Gasteiger partial charge in [0.05, 0.1) is 23.9 Å². The third kappa shape index (κ3) is 5.06. The second-order valence-electron chi connectivity index (χ2n) is 5.15. The van der Waals surface area contributed by atoms with Crippen molar-refractivity contribution in [1.82, 2.24) is 10.6 Å².